The number of benzene rings is 2. The van der Waals surface area contributed by atoms with E-state index in [-0.39, 0.29) is 23.9 Å². The Morgan fingerprint density at radius 1 is 1.12 bits per heavy atom. The third kappa shape index (κ3) is 4.90. The highest BCUT2D eigenvalue weighted by molar-refractivity contribution is 6.30. The van der Waals surface area contributed by atoms with Gasteiger partial charge >= 0.3 is 0 Å². The second-order valence-corrected chi connectivity index (χ2v) is 9.95. The molecule has 0 saturated carbocycles. The van der Waals surface area contributed by atoms with Crippen LogP contribution in [-0.2, 0) is 4.79 Å². The first-order valence-corrected chi connectivity index (χ1v) is 12.1. The van der Waals surface area contributed by atoms with Crippen LogP contribution in [-0.4, -0.2) is 28.1 Å². The summed E-state index contributed by atoms with van der Waals surface area (Å²) in [7, 11) is 0. The van der Waals surface area contributed by atoms with E-state index < -0.39 is 11.5 Å². The molecule has 1 aliphatic rings. The summed E-state index contributed by atoms with van der Waals surface area (Å²) in [5.41, 5.74) is 1.49. The Morgan fingerprint density at radius 2 is 1.81 bits per heavy atom. The number of amides is 1. The Morgan fingerprint density at radius 3 is 2.38 bits per heavy atom. The van der Waals surface area contributed by atoms with Crippen LogP contribution in [0, 0.1) is 5.41 Å². The number of carbonyl (C=O) groups is 1. The van der Waals surface area contributed by atoms with Crippen molar-refractivity contribution in [3.63, 3.8) is 0 Å². The Labute approximate surface area is 202 Å². The van der Waals surface area contributed by atoms with Gasteiger partial charge in [0.25, 0.3) is 0 Å². The first kappa shape index (κ1) is 24.8. The molecule has 0 radical (unpaired) electrons. The second kappa shape index (κ2) is 10.4. The van der Waals surface area contributed by atoms with E-state index >= 15 is 0 Å². The lowest BCUT2D eigenvalue weighted by atomic mass is 9.67. The molecule has 1 saturated heterocycles. The number of halogens is 2. The fraction of sp³-hybridized carbons (Fsp3) is 0.444. The highest BCUT2D eigenvalue weighted by Gasteiger charge is 2.51. The third-order valence-corrected chi connectivity index (χ3v) is 7.31. The van der Waals surface area contributed by atoms with E-state index in [1.54, 1.807) is 0 Å². The monoisotopic (exact) mass is 473 g/mol. The largest absolute Gasteiger partial charge is 0.391 e. The fourth-order valence-electron chi connectivity index (χ4n) is 5.18. The van der Waals surface area contributed by atoms with Crippen molar-refractivity contribution in [2.24, 2.45) is 5.41 Å². The maximum Gasteiger partial charge on any atom is 0.229 e. The molecule has 3 unspecified atom stereocenters. The molecule has 0 spiro atoms. The predicted octanol–water partition coefficient (Wildman–Crippen LogP) is 7.18. The standard InChI is InChI=1S/C27H33Cl2NO2/c1-5-15-27(4)17-22(19-9-8-10-21(29)16-19)25(18-11-13-20(28)14-12-18)30(26(27)32)23(6-2)24(31)7-3/h5,8-14,16,22-25,31H,1,6-7,15,17H2,2-4H3/t22?,23-,24-,25?,27?/m0/s1. The van der Waals surface area contributed by atoms with Gasteiger partial charge in [-0.15, -0.1) is 6.58 Å². The van der Waals surface area contributed by atoms with Crippen molar-refractivity contribution in [3.05, 3.63) is 82.4 Å². The lowest BCUT2D eigenvalue weighted by Crippen LogP contribution is -2.58. The quantitative estimate of drug-likeness (QED) is 0.412. The molecular formula is C27H33Cl2NO2. The maximum atomic E-state index is 14.1. The zero-order valence-corrected chi connectivity index (χ0v) is 20.6. The molecule has 172 valence electrons. The predicted molar refractivity (Wildman–Crippen MR) is 133 cm³/mol. The smallest absolute Gasteiger partial charge is 0.229 e. The summed E-state index contributed by atoms with van der Waals surface area (Å²) >= 11 is 12.6. The van der Waals surface area contributed by atoms with Crippen molar-refractivity contribution in [3.8, 4) is 0 Å². The van der Waals surface area contributed by atoms with Gasteiger partial charge in [-0.1, -0.05) is 74.3 Å². The lowest BCUT2D eigenvalue weighted by Gasteiger charge is -2.52. The molecule has 3 nitrogen and oxygen atoms in total. The normalized spacial score (nSPS) is 25.4. The van der Waals surface area contributed by atoms with Crippen molar-refractivity contribution in [1.29, 1.82) is 0 Å². The van der Waals surface area contributed by atoms with E-state index in [1.807, 2.05) is 74.2 Å². The first-order chi connectivity index (χ1) is 15.3. The molecule has 3 rings (SSSR count). The van der Waals surface area contributed by atoms with Crippen molar-refractivity contribution >= 4 is 29.1 Å². The van der Waals surface area contributed by atoms with E-state index in [0.29, 0.717) is 35.7 Å². The fourth-order valence-corrected chi connectivity index (χ4v) is 5.50. The van der Waals surface area contributed by atoms with Crippen LogP contribution in [0.3, 0.4) is 0 Å². The Bertz CT molecular complexity index is 945. The third-order valence-electron chi connectivity index (χ3n) is 6.82. The van der Waals surface area contributed by atoms with E-state index in [4.69, 9.17) is 23.2 Å². The number of allylic oxidation sites excluding steroid dienone is 1. The minimum atomic E-state index is -0.613. The van der Waals surface area contributed by atoms with Crippen LogP contribution >= 0.6 is 23.2 Å². The van der Waals surface area contributed by atoms with Crippen LogP contribution in [0.5, 0.6) is 0 Å². The molecule has 1 fully saturated rings. The lowest BCUT2D eigenvalue weighted by molar-refractivity contribution is -0.158. The average Bonchev–Trinajstić information content (AvgIpc) is 2.77. The molecule has 32 heavy (non-hydrogen) atoms. The molecule has 2 aromatic carbocycles. The Balaban J connectivity index is 2.25. The number of hydrogen-bond acceptors (Lipinski definition) is 2. The van der Waals surface area contributed by atoms with Gasteiger partial charge < -0.3 is 10.0 Å². The number of hydrogen-bond donors (Lipinski definition) is 1. The van der Waals surface area contributed by atoms with Crippen molar-refractivity contribution in [1.82, 2.24) is 4.90 Å². The van der Waals surface area contributed by atoms with E-state index in [1.165, 1.54) is 0 Å². The van der Waals surface area contributed by atoms with Crippen molar-refractivity contribution in [2.75, 3.05) is 0 Å². The number of aliphatic hydroxyl groups is 1. The molecule has 5 atom stereocenters. The van der Waals surface area contributed by atoms with Gasteiger partial charge in [0.2, 0.25) is 5.91 Å². The van der Waals surface area contributed by atoms with Crippen LogP contribution in [0.2, 0.25) is 10.0 Å². The number of nitrogens with zero attached hydrogens (tertiary/aromatic N) is 1. The van der Waals surface area contributed by atoms with Crippen molar-refractivity contribution in [2.45, 2.75) is 70.6 Å². The van der Waals surface area contributed by atoms with Gasteiger partial charge in [0.15, 0.2) is 0 Å². The molecule has 0 aliphatic carbocycles. The summed E-state index contributed by atoms with van der Waals surface area (Å²) in [6, 6.07) is 15.1. The van der Waals surface area contributed by atoms with Gasteiger partial charge in [0.05, 0.1) is 23.6 Å². The van der Waals surface area contributed by atoms with Gasteiger partial charge in [-0.05, 0) is 61.1 Å². The topological polar surface area (TPSA) is 40.5 Å². The molecule has 1 N–H and O–H groups in total. The van der Waals surface area contributed by atoms with E-state index in [2.05, 4.69) is 12.6 Å². The zero-order chi connectivity index (χ0) is 23.5. The summed E-state index contributed by atoms with van der Waals surface area (Å²) in [5.74, 6) is 0.0746. The van der Waals surface area contributed by atoms with Gasteiger partial charge in [-0.3, -0.25) is 4.79 Å². The molecule has 1 aliphatic heterocycles. The van der Waals surface area contributed by atoms with Crippen LogP contribution in [0.25, 0.3) is 0 Å². The summed E-state index contributed by atoms with van der Waals surface area (Å²) in [6.45, 7) is 9.92. The second-order valence-electron chi connectivity index (χ2n) is 9.08. The summed E-state index contributed by atoms with van der Waals surface area (Å²) < 4.78 is 0. The molecular weight excluding hydrogens is 441 g/mol. The molecule has 5 heteroatoms. The molecule has 0 bridgehead atoms. The minimum absolute atomic E-state index is 0.00984. The number of likely N-dealkylation sites (tertiary alicyclic amines) is 1. The number of piperidine rings is 1. The molecule has 1 heterocycles. The highest BCUT2D eigenvalue weighted by Crippen LogP contribution is 2.52. The zero-order valence-electron chi connectivity index (χ0n) is 19.1. The van der Waals surface area contributed by atoms with Gasteiger partial charge in [-0.2, -0.15) is 0 Å². The molecule has 1 amide bonds. The number of aliphatic hydroxyl groups excluding tert-OH is 1. The number of carbonyl (C=O) groups excluding carboxylic acids is 1. The molecule has 0 aromatic heterocycles. The van der Waals surface area contributed by atoms with E-state index in [0.717, 1.165) is 11.1 Å². The first-order valence-electron chi connectivity index (χ1n) is 11.4. The Kier molecular flexibility index (Phi) is 8.08. The van der Waals surface area contributed by atoms with E-state index in [9.17, 15) is 9.90 Å². The van der Waals surface area contributed by atoms with Crippen LogP contribution < -0.4 is 0 Å². The number of rotatable bonds is 8. The van der Waals surface area contributed by atoms with Crippen LogP contribution in [0.15, 0.2) is 61.2 Å². The highest BCUT2D eigenvalue weighted by atomic mass is 35.5. The summed E-state index contributed by atoms with van der Waals surface area (Å²) in [5, 5.41) is 12.3. The SMILES string of the molecule is C=CCC1(C)CC(c2cccc(Cl)c2)C(c2ccc(Cl)cc2)N([C@@H](CC)[C@@H](O)CC)C1=O. The van der Waals surface area contributed by atoms with Crippen LogP contribution in [0.4, 0.5) is 0 Å². The van der Waals surface area contributed by atoms with Crippen molar-refractivity contribution < 1.29 is 9.90 Å². The Hall–Kier alpha value is -1.81. The summed E-state index contributed by atoms with van der Waals surface area (Å²) in [4.78, 5) is 16.0. The van der Waals surface area contributed by atoms with Gasteiger partial charge in [-0.25, -0.2) is 0 Å². The maximum absolute atomic E-state index is 14.1. The minimum Gasteiger partial charge on any atom is -0.391 e. The molecule has 2 aromatic rings. The average molecular weight is 474 g/mol. The summed E-state index contributed by atoms with van der Waals surface area (Å²) in [6.07, 6.45) is 3.70. The van der Waals surface area contributed by atoms with Gasteiger partial charge in [0, 0.05) is 16.0 Å². The van der Waals surface area contributed by atoms with Gasteiger partial charge in [0.1, 0.15) is 0 Å². The van der Waals surface area contributed by atoms with Crippen LogP contribution in [0.1, 0.15) is 69.5 Å².